The average Bonchev–Trinajstić information content (AvgIpc) is 2.47. The number of amides is 1. The van der Waals surface area contributed by atoms with E-state index in [-0.39, 0.29) is 17.3 Å². The van der Waals surface area contributed by atoms with Gasteiger partial charge in [0, 0.05) is 17.7 Å². The zero-order valence-electron chi connectivity index (χ0n) is 13.7. The quantitative estimate of drug-likeness (QED) is 0.727. The SMILES string of the molecule is CC(=O)N[C@@H](CCSC(=O)C(C)(C)Oc1ccc(Cl)cc1)C(=O)O. The highest BCUT2D eigenvalue weighted by atomic mass is 35.5. The smallest absolute Gasteiger partial charge is 0.326 e. The Morgan fingerprint density at radius 1 is 1.29 bits per heavy atom. The maximum Gasteiger partial charge on any atom is 0.326 e. The molecule has 1 rings (SSSR count). The Kier molecular flexibility index (Phi) is 7.57. The molecule has 0 saturated carbocycles. The highest BCUT2D eigenvalue weighted by Gasteiger charge is 2.30. The Bertz CT molecular complexity index is 603. The Morgan fingerprint density at radius 3 is 2.38 bits per heavy atom. The van der Waals surface area contributed by atoms with Crippen molar-refractivity contribution in [2.75, 3.05) is 5.75 Å². The van der Waals surface area contributed by atoms with Crippen molar-refractivity contribution in [3.05, 3.63) is 29.3 Å². The normalized spacial score (nSPS) is 12.3. The lowest BCUT2D eigenvalue weighted by molar-refractivity contribution is -0.141. The second-order valence-electron chi connectivity index (χ2n) is 5.58. The van der Waals surface area contributed by atoms with Crippen molar-refractivity contribution in [2.45, 2.75) is 38.8 Å². The van der Waals surface area contributed by atoms with Crippen LogP contribution in [0, 0.1) is 0 Å². The number of carboxylic acid groups (broad SMARTS) is 1. The van der Waals surface area contributed by atoms with Gasteiger partial charge in [0.05, 0.1) is 0 Å². The molecule has 1 aromatic rings. The van der Waals surface area contributed by atoms with Crippen LogP contribution in [0.4, 0.5) is 0 Å². The molecule has 0 aromatic heterocycles. The first kappa shape index (κ1) is 20.3. The van der Waals surface area contributed by atoms with E-state index in [1.165, 1.54) is 6.92 Å². The highest BCUT2D eigenvalue weighted by molar-refractivity contribution is 8.13. The molecule has 0 fully saturated rings. The number of thioether (sulfide) groups is 1. The fourth-order valence-electron chi connectivity index (χ4n) is 1.78. The molecule has 0 saturated heterocycles. The summed E-state index contributed by atoms with van der Waals surface area (Å²) in [6.45, 7) is 4.52. The first-order chi connectivity index (χ1) is 11.1. The third-order valence-corrected chi connectivity index (χ3v) is 4.44. The molecule has 2 N–H and O–H groups in total. The summed E-state index contributed by atoms with van der Waals surface area (Å²) in [6.07, 6.45) is 0.141. The molecule has 0 bridgehead atoms. The van der Waals surface area contributed by atoms with Gasteiger partial charge in [-0.15, -0.1) is 0 Å². The third-order valence-electron chi connectivity index (χ3n) is 2.99. The topological polar surface area (TPSA) is 92.7 Å². The zero-order chi connectivity index (χ0) is 18.3. The molecule has 0 aliphatic heterocycles. The average molecular weight is 374 g/mol. The van der Waals surface area contributed by atoms with Crippen molar-refractivity contribution < 1.29 is 24.2 Å². The van der Waals surface area contributed by atoms with E-state index in [4.69, 9.17) is 21.4 Å². The van der Waals surface area contributed by atoms with Crippen LogP contribution < -0.4 is 10.1 Å². The highest BCUT2D eigenvalue weighted by Crippen LogP contribution is 2.25. The van der Waals surface area contributed by atoms with Crippen LogP contribution in [0.2, 0.25) is 5.02 Å². The second-order valence-corrected chi connectivity index (χ2v) is 7.09. The first-order valence-electron chi connectivity index (χ1n) is 7.23. The standard InChI is InChI=1S/C16H20ClNO5S/c1-10(19)18-13(14(20)21)8-9-24-15(22)16(2,3)23-12-6-4-11(17)5-7-12/h4-7,13H,8-9H2,1-3H3,(H,18,19)(H,20,21)/t13-/m0/s1. The zero-order valence-corrected chi connectivity index (χ0v) is 15.2. The summed E-state index contributed by atoms with van der Waals surface area (Å²) >= 11 is 6.77. The first-order valence-corrected chi connectivity index (χ1v) is 8.60. The molecule has 1 amide bonds. The van der Waals surface area contributed by atoms with Gasteiger partial charge in [0.2, 0.25) is 11.0 Å². The number of aliphatic carboxylic acids is 1. The predicted molar refractivity (Wildman–Crippen MR) is 93.5 cm³/mol. The van der Waals surface area contributed by atoms with Crippen molar-refractivity contribution in [3.63, 3.8) is 0 Å². The number of ether oxygens (including phenoxy) is 1. The van der Waals surface area contributed by atoms with Crippen LogP contribution in [0.1, 0.15) is 27.2 Å². The van der Waals surface area contributed by atoms with Crippen LogP contribution in [0.15, 0.2) is 24.3 Å². The lowest BCUT2D eigenvalue weighted by Gasteiger charge is -2.24. The Balaban J connectivity index is 2.54. The number of halogens is 1. The van der Waals surface area contributed by atoms with Gasteiger partial charge in [-0.2, -0.15) is 0 Å². The molecule has 0 heterocycles. The van der Waals surface area contributed by atoms with E-state index in [9.17, 15) is 14.4 Å². The van der Waals surface area contributed by atoms with E-state index in [2.05, 4.69) is 5.32 Å². The summed E-state index contributed by atoms with van der Waals surface area (Å²) in [5.41, 5.74) is -1.08. The minimum Gasteiger partial charge on any atom is -0.480 e. The summed E-state index contributed by atoms with van der Waals surface area (Å²) in [5.74, 6) is -0.788. The van der Waals surface area contributed by atoms with Gasteiger partial charge in [0.1, 0.15) is 11.8 Å². The molecular formula is C16H20ClNO5S. The van der Waals surface area contributed by atoms with Crippen LogP contribution in [0.25, 0.3) is 0 Å². The van der Waals surface area contributed by atoms with Crippen molar-refractivity contribution >= 4 is 40.4 Å². The maximum absolute atomic E-state index is 12.3. The molecule has 8 heteroatoms. The van der Waals surface area contributed by atoms with Gasteiger partial charge in [-0.05, 0) is 44.5 Å². The van der Waals surface area contributed by atoms with Crippen molar-refractivity contribution in [3.8, 4) is 5.75 Å². The van der Waals surface area contributed by atoms with E-state index in [0.29, 0.717) is 10.8 Å². The van der Waals surface area contributed by atoms with Crippen LogP contribution in [-0.2, 0) is 14.4 Å². The van der Waals surface area contributed by atoms with Gasteiger partial charge >= 0.3 is 5.97 Å². The van der Waals surface area contributed by atoms with Gasteiger partial charge in [-0.25, -0.2) is 4.79 Å². The molecular weight excluding hydrogens is 354 g/mol. The lowest BCUT2D eigenvalue weighted by Crippen LogP contribution is -2.40. The van der Waals surface area contributed by atoms with Crippen LogP contribution in [-0.4, -0.2) is 39.5 Å². The van der Waals surface area contributed by atoms with Gasteiger partial charge < -0.3 is 15.2 Å². The number of rotatable bonds is 8. The predicted octanol–water partition coefficient (Wildman–Crippen LogP) is 2.74. The van der Waals surface area contributed by atoms with E-state index < -0.39 is 23.5 Å². The van der Waals surface area contributed by atoms with E-state index >= 15 is 0 Å². The molecule has 24 heavy (non-hydrogen) atoms. The molecule has 0 unspecified atom stereocenters. The Labute approximate surface area is 149 Å². The Hall–Kier alpha value is -1.73. The van der Waals surface area contributed by atoms with Crippen molar-refractivity contribution in [2.24, 2.45) is 0 Å². The van der Waals surface area contributed by atoms with E-state index in [1.54, 1.807) is 38.1 Å². The van der Waals surface area contributed by atoms with E-state index in [1.807, 2.05) is 0 Å². The monoisotopic (exact) mass is 373 g/mol. The summed E-state index contributed by atoms with van der Waals surface area (Å²) in [5, 5.41) is 11.7. The summed E-state index contributed by atoms with van der Waals surface area (Å²) < 4.78 is 5.67. The minimum absolute atomic E-state index is 0.141. The fourth-order valence-corrected chi connectivity index (χ4v) is 2.84. The number of carbonyl (C=O) groups is 3. The lowest BCUT2D eigenvalue weighted by atomic mass is 10.1. The van der Waals surface area contributed by atoms with Crippen LogP contribution >= 0.6 is 23.4 Å². The Morgan fingerprint density at radius 2 is 1.88 bits per heavy atom. The van der Waals surface area contributed by atoms with Gasteiger partial charge in [-0.3, -0.25) is 9.59 Å². The molecule has 0 radical (unpaired) electrons. The van der Waals surface area contributed by atoms with Gasteiger partial charge in [0.25, 0.3) is 0 Å². The molecule has 6 nitrogen and oxygen atoms in total. The number of nitrogens with one attached hydrogen (secondary N) is 1. The summed E-state index contributed by atoms with van der Waals surface area (Å²) in [6, 6.07) is 5.65. The van der Waals surface area contributed by atoms with Gasteiger partial charge in [-0.1, -0.05) is 23.4 Å². The second kappa shape index (κ2) is 8.94. The summed E-state index contributed by atoms with van der Waals surface area (Å²) in [4.78, 5) is 34.3. The molecule has 0 aliphatic rings. The number of hydrogen-bond acceptors (Lipinski definition) is 5. The number of benzene rings is 1. The molecule has 1 atom stereocenters. The number of carbonyl (C=O) groups excluding carboxylic acids is 2. The van der Waals surface area contributed by atoms with E-state index in [0.717, 1.165) is 11.8 Å². The van der Waals surface area contributed by atoms with Crippen molar-refractivity contribution in [1.29, 1.82) is 0 Å². The van der Waals surface area contributed by atoms with Crippen LogP contribution in [0.5, 0.6) is 5.75 Å². The molecule has 132 valence electrons. The van der Waals surface area contributed by atoms with Crippen LogP contribution in [0.3, 0.4) is 0 Å². The molecule has 1 aromatic carbocycles. The number of carboxylic acids is 1. The summed E-state index contributed by atoms with van der Waals surface area (Å²) in [7, 11) is 0. The minimum atomic E-state index is -1.13. The van der Waals surface area contributed by atoms with Crippen molar-refractivity contribution in [1.82, 2.24) is 5.32 Å². The molecule has 0 spiro atoms. The number of hydrogen-bond donors (Lipinski definition) is 2. The molecule has 0 aliphatic carbocycles. The largest absolute Gasteiger partial charge is 0.480 e. The maximum atomic E-state index is 12.3. The third kappa shape index (κ3) is 6.80. The van der Waals surface area contributed by atoms with Gasteiger partial charge in [0.15, 0.2) is 5.60 Å². The fraction of sp³-hybridized carbons (Fsp3) is 0.438.